The lowest BCUT2D eigenvalue weighted by Crippen LogP contribution is -2.54. The van der Waals surface area contributed by atoms with E-state index >= 15 is 0 Å². The number of fused-ring (bicyclic) bond motifs is 3. The average molecular weight is 567 g/mol. The van der Waals surface area contributed by atoms with Crippen molar-refractivity contribution in [1.29, 1.82) is 0 Å². The second-order valence-corrected chi connectivity index (χ2v) is 11.5. The third-order valence-electron chi connectivity index (χ3n) is 8.81. The lowest BCUT2D eigenvalue weighted by atomic mass is 9.68. The number of hydrogen-bond donors (Lipinski definition) is 0. The number of likely N-dealkylation sites (tertiary alicyclic amines) is 2. The minimum absolute atomic E-state index is 0.00406. The molecule has 0 bridgehead atoms. The molecule has 0 spiro atoms. The number of piperidine rings is 1. The molecule has 0 aromatic heterocycles. The zero-order valence-electron chi connectivity index (χ0n) is 21.9. The van der Waals surface area contributed by atoms with E-state index in [1.165, 1.54) is 19.1 Å². The second kappa shape index (κ2) is 9.98. The van der Waals surface area contributed by atoms with Gasteiger partial charge in [-0.2, -0.15) is 13.2 Å². The highest BCUT2D eigenvalue weighted by molar-refractivity contribution is 6.30. The van der Waals surface area contributed by atoms with Crippen LogP contribution in [-0.4, -0.2) is 60.1 Å². The van der Waals surface area contributed by atoms with E-state index in [2.05, 4.69) is 0 Å². The fourth-order valence-electron chi connectivity index (χ4n) is 6.39. The first-order valence-corrected chi connectivity index (χ1v) is 13.6. The van der Waals surface area contributed by atoms with Gasteiger partial charge in [0.05, 0.1) is 6.04 Å². The van der Waals surface area contributed by atoms with E-state index in [1.54, 1.807) is 17.0 Å². The Balaban J connectivity index is 1.49. The lowest BCUT2D eigenvalue weighted by Gasteiger charge is -2.44. The maximum Gasteiger partial charge on any atom is 0.426 e. The van der Waals surface area contributed by atoms with Crippen LogP contribution in [0.25, 0.3) is 0 Å². The van der Waals surface area contributed by atoms with Crippen LogP contribution in [0.15, 0.2) is 42.5 Å². The Morgan fingerprint density at radius 3 is 2.33 bits per heavy atom. The Hall–Kier alpha value is -2.81. The van der Waals surface area contributed by atoms with E-state index in [1.807, 2.05) is 17.0 Å². The molecule has 0 saturated carbocycles. The zero-order valence-corrected chi connectivity index (χ0v) is 22.6. The molecule has 2 aromatic rings. The van der Waals surface area contributed by atoms with Crippen LogP contribution < -0.4 is 4.74 Å². The van der Waals surface area contributed by atoms with E-state index < -0.39 is 22.8 Å². The van der Waals surface area contributed by atoms with Crippen molar-refractivity contribution in [3.8, 4) is 5.75 Å². The molecule has 5 nitrogen and oxygen atoms in total. The molecule has 5 rings (SSSR count). The molecule has 3 atom stereocenters. The number of benzene rings is 2. The summed E-state index contributed by atoms with van der Waals surface area (Å²) in [6.45, 7) is 3.66. The van der Waals surface area contributed by atoms with Crippen molar-refractivity contribution >= 4 is 23.4 Å². The van der Waals surface area contributed by atoms with Crippen LogP contribution in [0.1, 0.15) is 49.8 Å². The zero-order chi connectivity index (χ0) is 28.2. The summed E-state index contributed by atoms with van der Waals surface area (Å²) in [5, 5.41) is 0.583. The predicted octanol–water partition coefficient (Wildman–Crippen LogP) is 5.82. The molecule has 2 aromatic carbocycles. The van der Waals surface area contributed by atoms with Crippen LogP contribution in [0.3, 0.4) is 0 Å². The highest BCUT2D eigenvalue weighted by Crippen LogP contribution is 2.52. The summed E-state index contributed by atoms with van der Waals surface area (Å²) in [4.78, 5) is 29.1. The van der Waals surface area contributed by atoms with Gasteiger partial charge in [0.15, 0.2) is 0 Å². The van der Waals surface area contributed by atoms with Crippen LogP contribution >= 0.6 is 11.6 Å². The van der Waals surface area contributed by atoms with Crippen LogP contribution in [0, 0.1) is 5.92 Å². The largest absolute Gasteiger partial charge is 0.491 e. The van der Waals surface area contributed by atoms with Gasteiger partial charge in [0.25, 0.3) is 0 Å². The van der Waals surface area contributed by atoms with Crippen molar-refractivity contribution in [1.82, 2.24) is 9.80 Å². The number of rotatable bonds is 4. The van der Waals surface area contributed by atoms with Crippen molar-refractivity contribution in [3.63, 3.8) is 0 Å². The molecule has 210 valence electrons. The van der Waals surface area contributed by atoms with Crippen molar-refractivity contribution < 1.29 is 31.9 Å². The van der Waals surface area contributed by atoms with Gasteiger partial charge in [-0.25, -0.2) is 4.39 Å². The normalized spacial score (nSPS) is 24.9. The summed E-state index contributed by atoms with van der Waals surface area (Å²) in [5.74, 6) is 0.0125. The number of halogens is 5. The number of carbonyl (C=O) groups is 2. The predicted molar refractivity (Wildman–Crippen MR) is 138 cm³/mol. The summed E-state index contributed by atoms with van der Waals surface area (Å²) >= 11 is 6.10. The number of alkyl halides is 4. The highest BCUT2D eigenvalue weighted by Gasteiger charge is 2.56. The summed E-state index contributed by atoms with van der Waals surface area (Å²) in [7, 11) is 0. The monoisotopic (exact) mass is 566 g/mol. The summed E-state index contributed by atoms with van der Waals surface area (Å²) in [5.41, 5.74) is -3.02. The second-order valence-electron chi connectivity index (χ2n) is 11.1. The first-order valence-electron chi connectivity index (χ1n) is 13.2. The highest BCUT2D eigenvalue weighted by atomic mass is 35.5. The average Bonchev–Trinajstić information content (AvgIpc) is 3.28. The Labute approximate surface area is 230 Å². The lowest BCUT2D eigenvalue weighted by molar-refractivity contribution is -0.228. The Morgan fingerprint density at radius 1 is 1.05 bits per heavy atom. The summed E-state index contributed by atoms with van der Waals surface area (Å²) in [6, 6.07) is 10.9. The number of carbonyl (C=O) groups excluding carboxylic acids is 2. The van der Waals surface area contributed by atoms with Gasteiger partial charge in [0, 0.05) is 54.0 Å². The maximum absolute atomic E-state index is 14.8. The number of hydrogen-bond acceptors (Lipinski definition) is 3. The van der Waals surface area contributed by atoms with Crippen LogP contribution in [-0.2, 0) is 27.1 Å². The summed E-state index contributed by atoms with van der Waals surface area (Å²) in [6.07, 6.45) is -2.81. The van der Waals surface area contributed by atoms with Crippen LogP contribution in [0.2, 0.25) is 5.02 Å². The van der Waals surface area contributed by atoms with Crippen molar-refractivity contribution in [2.45, 2.75) is 62.8 Å². The van der Waals surface area contributed by atoms with E-state index in [-0.39, 0.29) is 36.1 Å². The maximum atomic E-state index is 14.8. The fraction of sp³-hybridized carbons (Fsp3) is 0.517. The SMILES string of the molecule is CC(=O)N1CCC(C(=O)N2CCC3(Cc4ccc(Cl)cc4)c4ccc(C(C)(F)C(F)(F)F)cc4OCC23)CC1. The smallest absolute Gasteiger partial charge is 0.426 e. The number of amides is 2. The Morgan fingerprint density at radius 2 is 1.72 bits per heavy atom. The molecular formula is C29H31ClF4N2O3. The minimum atomic E-state index is -5.08. The van der Waals surface area contributed by atoms with Crippen molar-refractivity contribution in [3.05, 3.63) is 64.2 Å². The van der Waals surface area contributed by atoms with Crippen LogP contribution in [0.5, 0.6) is 5.75 Å². The molecule has 10 heteroatoms. The molecule has 0 aliphatic carbocycles. The molecule has 2 saturated heterocycles. The van der Waals surface area contributed by atoms with Crippen molar-refractivity contribution in [2.24, 2.45) is 5.92 Å². The molecule has 3 unspecified atom stereocenters. The molecule has 3 heterocycles. The third kappa shape index (κ3) is 4.87. The van der Waals surface area contributed by atoms with Gasteiger partial charge < -0.3 is 14.5 Å². The molecule has 2 amide bonds. The number of nitrogens with zero attached hydrogens (tertiary/aromatic N) is 2. The first-order chi connectivity index (χ1) is 18.3. The molecule has 0 radical (unpaired) electrons. The molecule has 3 aliphatic rings. The van der Waals surface area contributed by atoms with Gasteiger partial charge >= 0.3 is 6.18 Å². The van der Waals surface area contributed by atoms with Gasteiger partial charge in [-0.15, -0.1) is 0 Å². The summed E-state index contributed by atoms with van der Waals surface area (Å²) < 4.78 is 61.2. The molecular weight excluding hydrogens is 536 g/mol. The fourth-order valence-corrected chi connectivity index (χ4v) is 6.52. The molecule has 2 fully saturated rings. The minimum Gasteiger partial charge on any atom is -0.491 e. The van der Waals surface area contributed by atoms with E-state index in [4.69, 9.17) is 16.3 Å². The van der Waals surface area contributed by atoms with Gasteiger partial charge in [0.1, 0.15) is 12.4 Å². The molecule has 0 N–H and O–H groups in total. The van der Waals surface area contributed by atoms with Gasteiger partial charge in [0.2, 0.25) is 17.5 Å². The molecule has 39 heavy (non-hydrogen) atoms. The van der Waals surface area contributed by atoms with Gasteiger partial charge in [-0.3, -0.25) is 9.59 Å². The quantitative estimate of drug-likeness (QED) is 0.438. The Bertz CT molecular complexity index is 1260. The van der Waals surface area contributed by atoms with Gasteiger partial charge in [-0.1, -0.05) is 35.9 Å². The first kappa shape index (κ1) is 27.7. The third-order valence-corrected chi connectivity index (χ3v) is 9.06. The van der Waals surface area contributed by atoms with Gasteiger partial charge in [-0.05, 0) is 56.4 Å². The van der Waals surface area contributed by atoms with E-state index in [0.29, 0.717) is 62.8 Å². The van der Waals surface area contributed by atoms with Crippen LogP contribution in [0.4, 0.5) is 17.6 Å². The standard InChI is InChI=1S/C29H31ClF4N2O3/c1-18(37)35-12-9-20(10-13-35)26(38)36-14-11-28(16-19-3-6-22(30)7-4-19)23-8-5-21(27(2,31)29(32,33)34)15-24(23)39-17-25(28)36/h3-8,15,20,25H,9-14,16-17H2,1-2H3. The van der Waals surface area contributed by atoms with E-state index in [0.717, 1.165) is 11.6 Å². The van der Waals surface area contributed by atoms with Crippen molar-refractivity contribution in [2.75, 3.05) is 26.2 Å². The molecule has 3 aliphatic heterocycles. The topological polar surface area (TPSA) is 49.9 Å². The van der Waals surface area contributed by atoms with E-state index in [9.17, 15) is 27.2 Å². The number of ether oxygens (including phenoxy) is 1. The Kier molecular flexibility index (Phi) is 7.10.